The summed E-state index contributed by atoms with van der Waals surface area (Å²) < 4.78 is 0. The van der Waals surface area contributed by atoms with Crippen molar-refractivity contribution in [1.82, 2.24) is 10.6 Å². The Balaban J connectivity index is 1.86. The molecule has 14 heavy (non-hydrogen) atoms. The number of rotatable bonds is 6. The van der Waals surface area contributed by atoms with Gasteiger partial charge in [0.2, 0.25) is 5.91 Å². The van der Waals surface area contributed by atoms with Crippen LogP contribution in [0.2, 0.25) is 0 Å². The third-order valence-electron chi connectivity index (χ3n) is 2.79. The Hall–Kier alpha value is -0.570. The van der Waals surface area contributed by atoms with Gasteiger partial charge in [-0.15, -0.1) is 0 Å². The topological polar surface area (TPSA) is 41.1 Å². The van der Waals surface area contributed by atoms with E-state index in [0.29, 0.717) is 6.42 Å². The van der Waals surface area contributed by atoms with Crippen molar-refractivity contribution >= 4 is 5.91 Å². The molecule has 1 unspecified atom stereocenters. The molecular formula is C11H22N2O. The first-order valence-electron chi connectivity index (χ1n) is 5.83. The number of unbranched alkanes of at least 4 members (excludes halogenated alkanes) is 1. The predicted octanol–water partition coefficient (Wildman–Crippen LogP) is 1.43. The Morgan fingerprint density at radius 2 is 2.36 bits per heavy atom. The van der Waals surface area contributed by atoms with E-state index < -0.39 is 0 Å². The molecule has 0 spiro atoms. The van der Waals surface area contributed by atoms with Crippen LogP contribution in [-0.4, -0.2) is 25.0 Å². The molecule has 0 saturated carbocycles. The molecule has 1 heterocycles. The molecule has 1 rings (SSSR count). The zero-order valence-electron chi connectivity index (χ0n) is 9.14. The van der Waals surface area contributed by atoms with Crippen LogP contribution in [0.15, 0.2) is 0 Å². The Morgan fingerprint density at radius 3 is 3.00 bits per heavy atom. The summed E-state index contributed by atoms with van der Waals surface area (Å²) in [5, 5.41) is 6.38. The van der Waals surface area contributed by atoms with Crippen LogP contribution in [0.5, 0.6) is 0 Å². The summed E-state index contributed by atoms with van der Waals surface area (Å²) in [6, 6.07) is 0.747. The van der Waals surface area contributed by atoms with Gasteiger partial charge in [-0.3, -0.25) is 4.79 Å². The molecule has 3 nitrogen and oxygen atoms in total. The molecule has 0 aromatic rings. The Labute approximate surface area is 86.6 Å². The highest BCUT2D eigenvalue weighted by atomic mass is 16.1. The highest BCUT2D eigenvalue weighted by Crippen LogP contribution is 2.11. The van der Waals surface area contributed by atoms with E-state index in [4.69, 9.17) is 0 Å². The molecular weight excluding hydrogens is 176 g/mol. The van der Waals surface area contributed by atoms with Gasteiger partial charge in [-0.1, -0.05) is 13.3 Å². The van der Waals surface area contributed by atoms with Crippen LogP contribution in [0.25, 0.3) is 0 Å². The van der Waals surface area contributed by atoms with E-state index in [1.165, 1.54) is 32.2 Å². The summed E-state index contributed by atoms with van der Waals surface area (Å²) in [5.74, 6) is 0.170. The zero-order chi connectivity index (χ0) is 10.2. The quantitative estimate of drug-likeness (QED) is 0.634. The fourth-order valence-corrected chi connectivity index (χ4v) is 1.87. The van der Waals surface area contributed by atoms with Crippen molar-refractivity contribution in [3.8, 4) is 0 Å². The van der Waals surface area contributed by atoms with Crippen LogP contribution in [0, 0.1) is 0 Å². The summed E-state index contributed by atoms with van der Waals surface area (Å²) >= 11 is 0. The van der Waals surface area contributed by atoms with Gasteiger partial charge in [-0.25, -0.2) is 0 Å². The highest BCUT2D eigenvalue weighted by Gasteiger charge is 2.12. The van der Waals surface area contributed by atoms with E-state index in [1.807, 2.05) is 6.92 Å². The van der Waals surface area contributed by atoms with Gasteiger partial charge in [-0.05, 0) is 32.2 Å². The number of carbonyl (C=O) groups is 1. The summed E-state index contributed by atoms with van der Waals surface area (Å²) in [6.45, 7) is 3.93. The molecule has 0 aromatic heterocycles. The van der Waals surface area contributed by atoms with Crippen LogP contribution >= 0.6 is 0 Å². The first-order valence-corrected chi connectivity index (χ1v) is 5.83. The minimum Gasteiger partial charge on any atom is -0.356 e. The molecule has 1 aliphatic heterocycles. The maximum absolute atomic E-state index is 10.9. The van der Waals surface area contributed by atoms with Gasteiger partial charge in [0.25, 0.3) is 0 Å². The van der Waals surface area contributed by atoms with Crippen molar-refractivity contribution in [2.45, 2.75) is 51.5 Å². The smallest absolute Gasteiger partial charge is 0.219 e. The van der Waals surface area contributed by atoms with E-state index in [0.717, 1.165) is 19.0 Å². The second kappa shape index (κ2) is 6.82. The standard InChI is InChI=1S/C11H22N2O/c1-2-11(14)13-8-4-3-6-10-7-5-9-12-10/h10,12H,2-9H2,1H3,(H,13,14). The Morgan fingerprint density at radius 1 is 1.50 bits per heavy atom. The zero-order valence-corrected chi connectivity index (χ0v) is 9.14. The van der Waals surface area contributed by atoms with Crippen molar-refractivity contribution in [2.75, 3.05) is 13.1 Å². The largest absolute Gasteiger partial charge is 0.356 e. The predicted molar refractivity (Wildman–Crippen MR) is 58.2 cm³/mol. The van der Waals surface area contributed by atoms with E-state index in [1.54, 1.807) is 0 Å². The van der Waals surface area contributed by atoms with Crippen LogP contribution in [0.4, 0.5) is 0 Å². The van der Waals surface area contributed by atoms with Gasteiger partial charge in [0, 0.05) is 19.0 Å². The van der Waals surface area contributed by atoms with Gasteiger partial charge in [-0.2, -0.15) is 0 Å². The lowest BCUT2D eigenvalue weighted by molar-refractivity contribution is -0.120. The van der Waals surface area contributed by atoms with Crippen molar-refractivity contribution in [3.63, 3.8) is 0 Å². The van der Waals surface area contributed by atoms with Gasteiger partial charge >= 0.3 is 0 Å². The number of carbonyl (C=O) groups excluding carboxylic acids is 1. The molecule has 0 aromatic carbocycles. The molecule has 1 saturated heterocycles. The van der Waals surface area contributed by atoms with Crippen LogP contribution in [0.1, 0.15) is 45.4 Å². The molecule has 1 atom stereocenters. The van der Waals surface area contributed by atoms with Crippen molar-refractivity contribution in [1.29, 1.82) is 0 Å². The molecule has 82 valence electrons. The number of hydrogen-bond acceptors (Lipinski definition) is 2. The van der Waals surface area contributed by atoms with Gasteiger partial charge in [0.15, 0.2) is 0 Å². The Bertz CT molecular complexity index is 165. The minimum atomic E-state index is 0.170. The molecule has 0 aliphatic carbocycles. The first-order chi connectivity index (χ1) is 6.83. The second-order valence-electron chi connectivity index (χ2n) is 3.99. The lowest BCUT2D eigenvalue weighted by Crippen LogP contribution is -2.24. The van der Waals surface area contributed by atoms with Gasteiger partial charge < -0.3 is 10.6 Å². The highest BCUT2D eigenvalue weighted by molar-refractivity contribution is 5.75. The molecule has 1 amide bonds. The maximum Gasteiger partial charge on any atom is 0.219 e. The van der Waals surface area contributed by atoms with Crippen LogP contribution in [-0.2, 0) is 4.79 Å². The van der Waals surface area contributed by atoms with Crippen LogP contribution in [0.3, 0.4) is 0 Å². The lowest BCUT2D eigenvalue weighted by atomic mass is 10.1. The molecule has 0 bridgehead atoms. The van der Waals surface area contributed by atoms with E-state index >= 15 is 0 Å². The number of hydrogen-bond donors (Lipinski definition) is 2. The van der Waals surface area contributed by atoms with Crippen LogP contribution < -0.4 is 10.6 Å². The van der Waals surface area contributed by atoms with E-state index in [2.05, 4.69) is 10.6 Å². The minimum absolute atomic E-state index is 0.170. The maximum atomic E-state index is 10.9. The first kappa shape index (κ1) is 11.5. The van der Waals surface area contributed by atoms with Crippen molar-refractivity contribution in [3.05, 3.63) is 0 Å². The average molecular weight is 198 g/mol. The Kier molecular flexibility index (Phi) is 5.60. The van der Waals surface area contributed by atoms with Gasteiger partial charge in [0.05, 0.1) is 0 Å². The summed E-state index contributed by atoms with van der Waals surface area (Å²) in [7, 11) is 0. The SMILES string of the molecule is CCC(=O)NCCCCC1CCCN1. The van der Waals surface area contributed by atoms with Crippen molar-refractivity contribution < 1.29 is 4.79 Å². The fraction of sp³-hybridized carbons (Fsp3) is 0.909. The molecule has 1 aliphatic rings. The third kappa shape index (κ3) is 4.61. The average Bonchev–Trinajstić information content (AvgIpc) is 2.69. The van der Waals surface area contributed by atoms with E-state index in [-0.39, 0.29) is 5.91 Å². The monoisotopic (exact) mass is 198 g/mol. The third-order valence-corrected chi connectivity index (χ3v) is 2.79. The van der Waals surface area contributed by atoms with E-state index in [9.17, 15) is 4.79 Å². The second-order valence-corrected chi connectivity index (χ2v) is 3.99. The fourth-order valence-electron chi connectivity index (χ4n) is 1.87. The van der Waals surface area contributed by atoms with Gasteiger partial charge in [0.1, 0.15) is 0 Å². The normalized spacial score (nSPS) is 21.1. The molecule has 1 fully saturated rings. The summed E-state index contributed by atoms with van der Waals surface area (Å²) in [4.78, 5) is 10.9. The molecule has 3 heteroatoms. The lowest BCUT2D eigenvalue weighted by Gasteiger charge is -2.09. The summed E-state index contributed by atoms with van der Waals surface area (Å²) in [6.07, 6.45) is 6.87. The van der Waals surface area contributed by atoms with Crippen molar-refractivity contribution in [2.24, 2.45) is 0 Å². The number of amides is 1. The molecule has 2 N–H and O–H groups in total. The summed E-state index contributed by atoms with van der Waals surface area (Å²) in [5.41, 5.74) is 0. The number of nitrogens with one attached hydrogen (secondary N) is 2. The molecule has 0 radical (unpaired) electrons.